The van der Waals surface area contributed by atoms with Crippen LogP contribution < -0.4 is 0 Å². The van der Waals surface area contributed by atoms with Crippen LogP contribution in [-0.4, -0.2) is 24.6 Å². The summed E-state index contributed by atoms with van der Waals surface area (Å²) in [5.41, 5.74) is -0.0726. The Labute approximate surface area is 107 Å². The molecule has 0 saturated carbocycles. The van der Waals surface area contributed by atoms with Crippen molar-refractivity contribution in [2.45, 2.75) is 32.3 Å². The van der Waals surface area contributed by atoms with Gasteiger partial charge >= 0.3 is 11.9 Å². The van der Waals surface area contributed by atoms with Gasteiger partial charge in [-0.3, -0.25) is 9.59 Å². The average molecular weight is 250 g/mol. The molecule has 1 aromatic carbocycles. The lowest BCUT2D eigenvalue weighted by atomic mass is 9.99. The highest BCUT2D eigenvalue weighted by Crippen LogP contribution is 2.21. The van der Waals surface area contributed by atoms with Crippen LogP contribution in [0.15, 0.2) is 30.3 Å². The summed E-state index contributed by atoms with van der Waals surface area (Å²) in [6.45, 7) is 5.26. The summed E-state index contributed by atoms with van der Waals surface area (Å²) in [5, 5.41) is 0. The second kappa shape index (κ2) is 5.67. The fourth-order valence-corrected chi connectivity index (χ4v) is 1.49. The van der Waals surface area contributed by atoms with E-state index in [1.165, 1.54) is 7.11 Å². The molecule has 0 radical (unpaired) electrons. The largest absolute Gasteiger partial charge is 0.468 e. The third-order valence-electron chi connectivity index (χ3n) is 2.21. The van der Waals surface area contributed by atoms with Gasteiger partial charge in [0.1, 0.15) is 5.60 Å². The van der Waals surface area contributed by atoms with E-state index in [0.29, 0.717) is 5.56 Å². The van der Waals surface area contributed by atoms with Gasteiger partial charge in [-0.2, -0.15) is 0 Å². The zero-order valence-corrected chi connectivity index (χ0v) is 11.1. The third kappa shape index (κ3) is 3.87. The number of carbonyl (C=O) groups excluding carboxylic acids is 2. The Morgan fingerprint density at radius 3 is 2.06 bits per heavy atom. The smallest absolute Gasteiger partial charge is 0.325 e. The van der Waals surface area contributed by atoms with Crippen LogP contribution in [0, 0.1) is 0 Å². The Morgan fingerprint density at radius 1 is 1.06 bits per heavy atom. The molecule has 1 atom stereocenters. The van der Waals surface area contributed by atoms with E-state index in [-0.39, 0.29) is 0 Å². The van der Waals surface area contributed by atoms with E-state index in [1.807, 2.05) is 6.07 Å². The van der Waals surface area contributed by atoms with Gasteiger partial charge in [-0.25, -0.2) is 0 Å². The third-order valence-corrected chi connectivity index (χ3v) is 2.21. The minimum atomic E-state index is -1.03. The minimum Gasteiger partial charge on any atom is -0.468 e. The Kier molecular flexibility index (Phi) is 4.48. The molecule has 4 nitrogen and oxygen atoms in total. The first kappa shape index (κ1) is 14.2. The Balaban J connectivity index is 3.00. The molecule has 0 amide bonds. The normalized spacial score (nSPS) is 12.7. The van der Waals surface area contributed by atoms with Gasteiger partial charge in [-0.15, -0.1) is 0 Å². The maximum Gasteiger partial charge on any atom is 0.325 e. The van der Waals surface area contributed by atoms with E-state index < -0.39 is 23.5 Å². The zero-order valence-electron chi connectivity index (χ0n) is 11.1. The molecule has 0 aliphatic heterocycles. The molecule has 0 aromatic heterocycles. The van der Waals surface area contributed by atoms with Crippen molar-refractivity contribution >= 4 is 11.9 Å². The molecule has 18 heavy (non-hydrogen) atoms. The fraction of sp³-hybridized carbons (Fsp3) is 0.429. The highest BCUT2D eigenvalue weighted by molar-refractivity contribution is 6.00. The molecule has 98 valence electrons. The van der Waals surface area contributed by atoms with Gasteiger partial charge in [0.15, 0.2) is 5.92 Å². The number of methoxy groups -OCH3 is 1. The predicted octanol–water partition coefficient (Wildman–Crippen LogP) is 2.28. The predicted molar refractivity (Wildman–Crippen MR) is 67.0 cm³/mol. The average Bonchev–Trinajstić information content (AvgIpc) is 2.28. The molecule has 4 heteroatoms. The lowest BCUT2D eigenvalue weighted by Crippen LogP contribution is -2.32. The molecular formula is C14H18O4. The van der Waals surface area contributed by atoms with Crippen molar-refractivity contribution in [1.29, 1.82) is 0 Å². The lowest BCUT2D eigenvalue weighted by molar-refractivity contribution is -0.163. The molecule has 1 rings (SSSR count). The van der Waals surface area contributed by atoms with E-state index in [0.717, 1.165) is 0 Å². The quantitative estimate of drug-likeness (QED) is 0.610. The number of ether oxygens (including phenoxy) is 2. The molecule has 0 aliphatic carbocycles. The molecule has 0 fully saturated rings. The summed E-state index contributed by atoms with van der Waals surface area (Å²) in [6, 6.07) is 8.73. The minimum absolute atomic E-state index is 0.568. The van der Waals surface area contributed by atoms with E-state index >= 15 is 0 Å². The van der Waals surface area contributed by atoms with Crippen LogP contribution in [0.2, 0.25) is 0 Å². The first-order valence-corrected chi connectivity index (χ1v) is 5.71. The number of carbonyl (C=O) groups is 2. The summed E-state index contributed by atoms with van der Waals surface area (Å²) in [4.78, 5) is 23.8. The first-order chi connectivity index (χ1) is 8.35. The van der Waals surface area contributed by atoms with E-state index in [2.05, 4.69) is 4.74 Å². The fourth-order valence-electron chi connectivity index (χ4n) is 1.49. The lowest BCUT2D eigenvalue weighted by Gasteiger charge is -2.23. The van der Waals surface area contributed by atoms with Crippen molar-refractivity contribution in [2.75, 3.05) is 7.11 Å². The molecule has 0 heterocycles. The van der Waals surface area contributed by atoms with E-state index in [9.17, 15) is 9.59 Å². The summed E-state index contributed by atoms with van der Waals surface area (Å²) in [7, 11) is 1.25. The van der Waals surface area contributed by atoms with E-state index in [4.69, 9.17) is 4.74 Å². The SMILES string of the molecule is COC(=O)[C@@H](C(=O)OC(C)(C)C)c1ccccc1. The molecule has 0 spiro atoms. The summed E-state index contributed by atoms with van der Waals surface area (Å²) < 4.78 is 9.90. The molecule has 0 N–H and O–H groups in total. The Morgan fingerprint density at radius 2 is 1.61 bits per heavy atom. The van der Waals surface area contributed by atoms with Gasteiger partial charge in [0.25, 0.3) is 0 Å². The molecule has 0 bridgehead atoms. The first-order valence-electron chi connectivity index (χ1n) is 5.71. The van der Waals surface area contributed by atoms with Crippen molar-refractivity contribution in [1.82, 2.24) is 0 Å². The molecule has 1 aromatic rings. The van der Waals surface area contributed by atoms with Crippen LogP contribution >= 0.6 is 0 Å². The van der Waals surface area contributed by atoms with Crippen LogP contribution in [0.5, 0.6) is 0 Å². The highest BCUT2D eigenvalue weighted by Gasteiger charge is 2.33. The van der Waals surface area contributed by atoms with Crippen LogP contribution in [0.4, 0.5) is 0 Å². The molecular weight excluding hydrogens is 232 g/mol. The van der Waals surface area contributed by atoms with Crippen LogP contribution in [0.25, 0.3) is 0 Å². The van der Waals surface area contributed by atoms with Crippen molar-refractivity contribution in [3.63, 3.8) is 0 Å². The van der Waals surface area contributed by atoms with E-state index in [1.54, 1.807) is 45.0 Å². The van der Waals surface area contributed by atoms with Crippen LogP contribution in [0.3, 0.4) is 0 Å². The molecule has 0 aliphatic rings. The second-order valence-electron chi connectivity index (χ2n) is 4.90. The second-order valence-corrected chi connectivity index (χ2v) is 4.90. The van der Waals surface area contributed by atoms with Gasteiger partial charge in [-0.1, -0.05) is 30.3 Å². The van der Waals surface area contributed by atoms with Gasteiger partial charge in [0.05, 0.1) is 7.11 Å². The molecule has 0 unspecified atom stereocenters. The monoisotopic (exact) mass is 250 g/mol. The van der Waals surface area contributed by atoms with Gasteiger partial charge in [-0.05, 0) is 26.3 Å². The number of rotatable bonds is 3. The summed E-state index contributed by atoms with van der Waals surface area (Å²) in [5.74, 6) is -2.24. The number of benzene rings is 1. The maximum atomic E-state index is 12.0. The number of hydrogen-bond acceptors (Lipinski definition) is 4. The summed E-state index contributed by atoms with van der Waals surface area (Å²) >= 11 is 0. The Hall–Kier alpha value is -1.84. The Bertz CT molecular complexity index is 417. The standard InChI is InChI=1S/C14H18O4/c1-14(2,3)18-13(16)11(12(15)17-4)10-8-6-5-7-9-10/h5-9,11H,1-4H3/t11-/m0/s1. The topological polar surface area (TPSA) is 52.6 Å². The zero-order chi connectivity index (χ0) is 13.8. The van der Waals surface area contributed by atoms with Gasteiger partial charge in [0, 0.05) is 0 Å². The van der Waals surface area contributed by atoms with Gasteiger partial charge in [0.2, 0.25) is 0 Å². The maximum absolute atomic E-state index is 12.0. The van der Waals surface area contributed by atoms with Crippen LogP contribution in [-0.2, 0) is 19.1 Å². The van der Waals surface area contributed by atoms with Crippen molar-refractivity contribution in [3.8, 4) is 0 Å². The van der Waals surface area contributed by atoms with Crippen molar-refractivity contribution in [3.05, 3.63) is 35.9 Å². The number of hydrogen-bond donors (Lipinski definition) is 0. The van der Waals surface area contributed by atoms with Crippen molar-refractivity contribution < 1.29 is 19.1 Å². The van der Waals surface area contributed by atoms with Crippen LogP contribution in [0.1, 0.15) is 32.3 Å². The van der Waals surface area contributed by atoms with Gasteiger partial charge < -0.3 is 9.47 Å². The molecule has 0 saturated heterocycles. The van der Waals surface area contributed by atoms with Crippen molar-refractivity contribution in [2.24, 2.45) is 0 Å². The summed E-state index contributed by atoms with van der Waals surface area (Å²) in [6.07, 6.45) is 0. The number of esters is 2. The highest BCUT2D eigenvalue weighted by atomic mass is 16.6.